The molecule has 2 aromatic heterocycles. The fourth-order valence-corrected chi connectivity index (χ4v) is 4.12. The van der Waals surface area contributed by atoms with Crippen LogP contribution in [-0.2, 0) is 6.54 Å². The van der Waals surface area contributed by atoms with E-state index in [2.05, 4.69) is 4.98 Å². The topological polar surface area (TPSA) is 44.1 Å². The molecule has 2 aromatic carbocycles. The number of fused-ring (bicyclic) bond motifs is 1. The first-order valence-corrected chi connectivity index (χ1v) is 9.37. The summed E-state index contributed by atoms with van der Waals surface area (Å²) in [4.78, 5) is 19.2. The summed E-state index contributed by atoms with van der Waals surface area (Å²) >= 11 is 1.53. The van der Waals surface area contributed by atoms with Gasteiger partial charge in [0.05, 0.1) is 18.3 Å². The zero-order chi connectivity index (χ0) is 18.8. The van der Waals surface area contributed by atoms with Gasteiger partial charge in [0, 0.05) is 4.88 Å². The maximum absolute atomic E-state index is 12.9. The molecule has 4 nitrogen and oxygen atoms in total. The molecule has 4 rings (SSSR count). The molecule has 0 bridgehead atoms. The second-order valence-corrected chi connectivity index (χ2v) is 7.15. The third-order valence-corrected chi connectivity index (χ3v) is 5.62. The summed E-state index contributed by atoms with van der Waals surface area (Å²) in [5, 5.41) is 0.656. The SMILES string of the molecule is Cc1c(-c2ccccc2)sc2ncn(CCOc3ccc(F)cc3)c(=O)c12. The first-order chi connectivity index (χ1) is 13.1. The maximum Gasteiger partial charge on any atom is 0.262 e. The number of nitrogens with zero attached hydrogens (tertiary/aromatic N) is 2. The van der Waals surface area contributed by atoms with Gasteiger partial charge >= 0.3 is 0 Å². The molecule has 0 fully saturated rings. The summed E-state index contributed by atoms with van der Waals surface area (Å²) in [6, 6.07) is 15.8. The lowest BCUT2D eigenvalue weighted by Gasteiger charge is -2.08. The summed E-state index contributed by atoms with van der Waals surface area (Å²) in [6.45, 7) is 2.63. The van der Waals surface area contributed by atoms with Crippen LogP contribution >= 0.6 is 11.3 Å². The van der Waals surface area contributed by atoms with Crippen LogP contribution in [0, 0.1) is 12.7 Å². The third kappa shape index (κ3) is 3.48. The molecule has 0 radical (unpaired) electrons. The van der Waals surface area contributed by atoms with Gasteiger partial charge in [-0.05, 0) is 42.3 Å². The molecule has 0 aliphatic carbocycles. The molecule has 6 heteroatoms. The predicted molar refractivity (Wildman–Crippen MR) is 106 cm³/mol. The van der Waals surface area contributed by atoms with E-state index >= 15 is 0 Å². The van der Waals surface area contributed by atoms with Gasteiger partial charge in [-0.1, -0.05) is 30.3 Å². The Balaban J connectivity index is 1.59. The van der Waals surface area contributed by atoms with Crippen LogP contribution in [0.25, 0.3) is 20.7 Å². The standard InChI is InChI=1S/C21H17FN2O2S/c1-14-18-20(27-19(14)15-5-3-2-4-6-15)23-13-24(21(18)25)11-12-26-17-9-7-16(22)8-10-17/h2-10,13H,11-12H2,1H3. The van der Waals surface area contributed by atoms with Gasteiger partial charge in [-0.3, -0.25) is 9.36 Å². The molecule has 0 aliphatic heterocycles. The molecular formula is C21H17FN2O2S. The Kier molecular flexibility index (Phi) is 4.73. The second kappa shape index (κ2) is 7.32. The number of aryl methyl sites for hydroxylation is 1. The summed E-state index contributed by atoms with van der Waals surface area (Å²) in [5.74, 6) is 0.256. The number of hydrogen-bond acceptors (Lipinski definition) is 4. The monoisotopic (exact) mass is 380 g/mol. The minimum atomic E-state index is -0.310. The molecule has 0 spiro atoms. The third-order valence-electron chi connectivity index (χ3n) is 4.37. The fourth-order valence-electron chi connectivity index (χ4n) is 2.98. The quantitative estimate of drug-likeness (QED) is 0.506. The number of benzene rings is 2. The van der Waals surface area contributed by atoms with Gasteiger partial charge in [0.2, 0.25) is 0 Å². The Morgan fingerprint density at radius 3 is 2.59 bits per heavy atom. The van der Waals surface area contributed by atoms with Crippen molar-refractivity contribution in [2.24, 2.45) is 0 Å². The molecule has 27 heavy (non-hydrogen) atoms. The summed E-state index contributed by atoms with van der Waals surface area (Å²) < 4.78 is 20.1. The summed E-state index contributed by atoms with van der Waals surface area (Å²) in [7, 11) is 0. The van der Waals surface area contributed by atoms with E-state index in [1.807, 2.05) is 37.3 Å². The van der Waals surface area contributed by atoms with Gasteiger partial charge in [0.1, 0.15) is 23.0 Å². The lowest BCUT2D eigenvalue weighted by atomic mass is 10.1. The van der Waals surface area contributed by atoms with Gasteiger partial charge in [0.25, 0.3) is 5.56 Å². The van der Waals surface area contributed by atoms with Gasteiger partial charge in [-0.15, -0.1) is 11.3 Å². The number of halogens is 1. The minimum absolute atomic E-state index is 0.0707. The molecule has 4 aromatic rings. The number of aromatic nitrogens is 2. The van der Waals surface area contributed by atoms with Crippen LogP contribution in [0.15, 0.2) is 65.7 Å². The molecule has 0 N–H and O–H groups in total. The van der Waals surface area contributed by atoms with Crippen molar-refractivity contribution >= 4 is 21.6 Å². The van der Waals surface area contributed by atoms with Gasteiger partial charge in [-0.2, -0.15) is 0 Å². The lowest BCUT2D eigenvalue weighted by Crippen LogP contribution is -2.23. The fraction of sp³-hybridized carbons (Fsp3) is 0.143. The van der Waals surface area contributed by atoms with E-state index < -0.39 is 0 Å². The molecule has 0 saturated carbocycles. The zero-order valence-electron chi connectivity index (χ0n) is 14.7. The molecule has 2 heterocycles. The van der Waals surface area contributed by atoms with Crippen molar-refractivity contribution in [1.29, 1.82) is 0 Å². The smallest absolute Gasteiger partial charge is 0.262 e. The first kappa shape index (κ1) is 17.4. The van der Waals surface area contributed by atoms with Gasteiger partial charge in [-0.25, -0.2) is 9.37 Å². The summed E-state index contributed by atoms with van der Waals surface area (Å²) in [5.41, 5.74) is 1.97. The van der Waals surface area contributed by atoms with Crippen LogP contribution in [0.5, 0.6) is 5.75 Å². The van der Waals surface area contributed by atoms with E-state index in [4.69, 9.17) is 4.74 Å². The van der Waals surface area contributed by atoms with Crippen LogP contribution in [0.1, 0.15) is 5.56 Å². The van der Waals surface area contributed by atoms with E-state index in [1.54, 1.807) is 23.0 Å². The van der Waals surface area contributed by atoms with E-state index in [1.165, 1.54) is 23.5 Å². The molecule has 0 aliphatic rings. The van der Waals surface area contributed by atoms with Crippen molar-refractivity contribution in [2.45, 2.75) is 13.5 Å². The van der Waals surface area contributed by atoms with Crippen molar-refractivity contribution in [3.8, 4) is 16.2 Å². The van der Waals surface area contributed by atoms with Crippen LogP contribution < -0.4 is 10.3 Å². The van der Waals surface area contributed by atoms with Crippen molar-refractivity contribution in [1.82, 2.24) is 9.55 Å². The van der Waals surface area contributed by atoms with Crippen molar-refractivity contribution in [3.63, 3.8) is 0 Å². The Morgan fingerprint density at radius 1 is 1.11 bits per heavy atom. The zero-order valence-corrected chi connectivity index (χ0v) is 15.5. The van der Waals surface area contributed by atoms with Gasteiger partial charge in [0.15, 0.2) is 0 Å². The highest BCUT2D eigenvalue weighted by Gasteiger charge is 2.15. The van der Waals surface area contributed by atoms with E-state index in [9.17, 15) is 9.18 Å². The highest BCUT2D eigenvalue weighted by Crippen LogP contribution is 2.35. The molecule has 0 atom stereocenters. The Bertz CT molecular complexity index is 1130. The first-order valence-electron chi connectivity index (χ1n) is 8.56. The van der Waals surface area contributed by atoms with Crippen molar-refractivity contribution in [2.75, 3.05) is 6.61 Å². The molecule has 0 unspecified atom stereocenters. The number of rotatable bonds is 5. The number of thiophene rings is 1. The Hall–Kier alpha value is -2.99. The largest absolute Gasteiger partial charge is 0.492 e. The highest BCUT2D eigenvalue weighted by atomic mass is 32.1. The Morgan fingerprint density at radius 2 is 1.85 bits per heavy atom. The number of hydrogen-bond donors (Lipinski definition) is 0. The molecule has 0 amide bonds. The normalized spacial score (nSPS) is 11.0. The summed E-state index contributed by atoms with van der Waals surface area (Å²) in [6.07, 6.45) is 1.56. The minimum Gasteiger partial charge on any atom is -0.492 e. The maximum atomic E-state index is 12.9. The van der Waals surface area contributed by atoms with Crippen LogP contribution in [0.3, 0.4) is 0 Å². The van der Waals surface area contributed by atoms with Gasteiger partial charge < -0.3 is 4.74 Å². The highest BCUT2D eigenvalue weighted by molar-refractivity contribution is 7.22. The predicted octanol–water partition coefficient (Wildman–Crippen LogP) is 4.65. The van der Waals surface area contributed by atoms with E-state index in [-0.39, 0.29) is 11.4 Å². The van der Waals surface area contributed by atoms with Crippen molar-refractivity contribution in [3.05, 3.63) is 82.7 Å². The molecule has 0 saturated heterocycles. The van der Waals surface area contributed by atoms with E-state index in [0.717, 1.165) is 20.8 Å². The van der Waals surface area contributed by atoms with Crippen molar-refractivity contribution < 1.29 is 9.13 Å². The van der Waals surface area contributed by atoms with Crippen LogP contribution in [0.2, 0.25) is 0 Å². The van der Waals surface area contributed by atoms with Crippen LogP contribution in [0.4, 0.5) is 4.39 Å². The molecular weight excluding hydrogens is 363 g/mol. The second-order valence-electron chi connectivity index (χ2n) is 6.15. The van der Waals surface area contributed by atoms with E-state index in [0.29, 0.717) is 24.3 Å². The number of ether oxygens (including phenoxy) is 1. The Labute approximate surface area is 159 Å². The van der Waals surface area contributed by atoms with Crippen LogP contribution in [-0.4, -0.2) is 16.2 Å². The lowest BCUT2D eigenvalue weighted by molar-refractivity contribution is 0.295. The average Bonchev–Trinajstić information content (AvgIpc) is 3.03. The average molecular weight is 380 g/mol. The molecule has 136 valence electrons.